The molecule has 1 aromatic carbocycles. The minimum absolute atomic E-state index is 0.121. The molecule has 2 amide bonds. The van der Waals surface area contributed by atoms with Crippen molar-refractivity contribution in [1.29, 1.82) is 0 Å². The van der Waals surface area contributed by atoms with Crippen molar-refractivity contribution in [1.82, 2.24) is 4.90 Å². The van der Waals surface area contributed by atoms with Gasteiger partial charge >= 0.3 is 6.03 Å². The Bertz CT molecular complexity index is 539. The largest absolute Gasteiger partial charge is 0.495 e. The third-order valence-corrected chi connectivity index (χ3v) is 4.59. The first-order valence-corrected chi connectivity index (χ1v) is 7.36. The minimum atomic E-state index is -0.142. The van der Waals surface area contributed by atoms with Gasteiger partial charge in [0.2, 0.25) is 0 Å². The van der Waals surface area contributed by atoms with Gasteiger partial charge in [-0.05, 0) is 25.0 Å². The van der Waals surface area contributed by atoms with Crippen LogP contribution in [0.4, 0.5) is 10.5 Å². The Morgan fingerprint density at radius 3 is 2.57 bits per heavy atom. The summed E-state index contributed by atoms with van der Waals surface area (Å²) in [5.74, 6) is 0.649. The van der Waals surface area contributed by atoms with E-state index in [1.807, 2.05) is 24.3 Å². The summed E-state index contributed by atoms with van der Waals surface area (Å²) in [4.78, 5) is 14.6. The lowest BCUT2D eigenvalue weighted by Gasteiger charge is -2.38. The average molecular weight is 307 g/mol. The zero-order valence-electron chi connectivity index (χ0n) is 12.4. The van der Waals surface area contributed by atoms with Crippen molar-refractivity contribution in [3.05, 3.63) is 24.3 Å². The van der Waals surface area contributed by atoms with Crippen LogP contribution < -0.4 is 15.8 Å². The summed E-state index contributed by atoms with van der Waals surface area (Å²) >= 11 is 5.11. The number of anilines is 1. The van der Waals surface area contributed by atoms with Crippen LogP contribution in [0.5, 0.6) is 5.75 Å². The number of nitrogens with two attached hydrogens (primary N) is 1. The van der Waals surface area contributed by atoms with Gasteiger partial charge in [0, 0.05) is 18.5 Å². The topological polar surface area (TPSA) is 67.6 Å². The molecule has 5 nitrogen and oxygen atoms in total. The number of benzene rings is 1. The summed E-state index contributed by atoms with van der Waals surface area (Å²) in [7, 11) is 1.58. The maximum atomic E-state index is 12.3. The quantitative estimate of drug-likeness (QED) is 0.842. The average Bonchev–Trinajstić information content (AvgIpc) is 2.48. The van der Waals surface area contributed by atoms with Gasteiger partial charge in [0.15, 0.2) is 0 Å². The summed E-state index contributed by atoms with van der Waals surface area (Å²) in [5.41, 5.74) is 6.31. The highest BCUT2D eigenvalue weighted by Gasteiger charge is 2.34. The number of methoxy groups -OCH3 is 1. The van der Waals surface area contributed by atoms with Gasteiger partial charge in [-0.3, -0.25) is 0 Å². The van der Waals surface area contributed by atoms with E-state index in [0.717, 1.165) is 12.8 Å². The van der Waals surface area contributed by atoms with Crippen molar-refractivity contribution in [3.8, 4) is 5.75 Å². The third kappa shape index (κ3) is 3.44. The lowest BCUT2D eigenvalue weighted by molar-refractivity contribution is 0.171. The van der Waals surface area contributed by atoms with Gasteiger partial charge in [-0.15, -0.1) is 0 Å². The number of nitrogens with zero attached hydrogens (tertiary/aromatic N) is 1. The first kappa shape index (κ1) is 15.6. The van der Waals surface area contributed by atoms with E-state index in [4.69, 9.17) is 22.7 Å². The number of hydrogen-bond donors (Lipinski definition) is 2. The maximum absolute atomic E-state index is 12.3. The van der Waals surface area contributed by atoms with Crippen molar-refractivity contribution >= 4 is 28.9 Å². The fourth-order valence-corrected chi connectivity index (χ4v) is 2.60. The number of para-hydroxylation sites is 2. The van der Waals surface area contributed by atoms with Gasteiger partial charge in [-0.1, -0.05) is 31.3 Å². The molecule has 0 unspecified atom stereocenters. The van der Waals surface area contributed by atoms with Crippen LogP contribution in [0.15, 0.2) is 24.3 Å². The minimum Gasteiger partial charge on any atom is -0.495 e. The van der Waals surface area contributed by atoms with Gasteiger partial charge in [-0.25, -0.2) is 4.79 Å². The number of amides is 2. The van der Waals surface area contributed by atoms with Crippen molar-refractivity contribution in [3.63, 3.8) is 0 Å². The van der Waals surface area contributed by atoms with Crippen LogP contribution in [-0.4, -0.2) is 36.1 Å². The molecule has 0 spiro atoms. The van der Waals surface area contributed by atoms with E-state index in [1.54, 1.807) is 12.0 Å². The number of thiocarbonyl (C=S) groups is 1. The molecule has 6 heteroatoms. The number of ether oxygens (including phenoxy) is 1. The molecule has 0 radical (unpaired) electrons. The molecule has 1 heterocycles. The first-order valence-electron chi connectivity index (χ1n) is 6.95. The van der Waals surface area contributed by atoms with E-state index >= 15 is 0 Å². The highest BCUT2D eigenvalue weighted by atomic mass is 32.1. The molecule has 0 saturated carbocycles. The molecule has 21 heavy (non-hydrogen) atoms. The zero-order valence-corrected chi connectivity index (χ0v) is 13.2. The number of rotatable bonds is 3. The van der Waals surface area contributed by atoms with Gasteiger partial charge in [0.25, 0.3) is 0 Å². The molecule has 3 N–H and O–H groups in total. The lowest BCUT2D eigenvalue weighted by Crippen LogP contribution is -2.47. The standard InChI is InChI=1S/C15H21N3O2S/c1-15(13(16)21)7-9-18(10-8-15)14(19)17-11-5-3-4-6-12(11)20-2/h3-6H,7-10H2,1-2H3,(H2,16,21)(H,17,19). The SMILES string of the molecule is COc1ccccc1NC(=O)N1CCC(C)(C(N)=S)CC1. The number of hydrogen-bond acceptors (Lipinski definition) is 3. The van der Waals surface area contributed by atoms with Crippen molar-refractivity contribution in [2.75, 3.05) is 25.5 Å². The van der Waals surface area contributed by atoms with Gasteiger partial charge < -0.3 is 20.7 Å². The molecule has 2 rings (SSSR count). The molecular weight excluding hydrogens is 286 g/mol. The predicted molar refractivity (Wildman–Crippen MR) is 87.7 cm³/mol. The van der Waals surface area contributed by atoms with Gasteiger partial charge in [-0.2, -0.15) is 0 Å². The van der Waals surface area contributed by atoms with Crippen LogP contribution >= 0.6 is 12.2 Å². The Morgan fingerprint density at radius 1 is 1.38 bits per heavy atom. The molecule has 1 saturated heterocycles. The van der Waals surface area contributed by atoms with E-state index in [0.29, 0.717) is 29.5 Å². The third-order valence-electron chi connectivity index (χ3n) is 4.10. The monoisotopic (exact) mass is 307 g/mol. The van der Waals surface area contributed by atoms with E-state index in [2.05, 4.69) is 12.2 Å². The molecule has 1 fully saturated rings. The molecule has 1 aliphatic rings. The van der Waals surface area contributed by atoms with E-state index < -0.39 is 0 Å². The Morgan fingerprint density at radius 2 is 2.00 bits per heavy atom. The zero-order chi connectivity index (χ0) is 15.5. The second-order valence-electron chi connectivity index (χ2n) is 5.54. The summed E-state index contributed by atoms with van der Waals surface area (Å²) in [6.07, 6.45) is 1.59. The molecule has 0 atom stereocenters. The predicted octanol–water partition coefficient (Wildman–Crippen LogP) is 2.62. The van der Waals surface area contributed by atoms with E-state index in [1.165, 1.54) is 0 Å². The second kappa shape index (κ2) is 6.30. The van der Waals surface area contributed by atoms with Crippen molar-refractivity contribution < 1.29 is 9.53 Å². The van der Waals surface area contributed by atoms with Crippen LogP contribution in [0.2, 0.25) is 0 Å². The Hall–Kier alpha value is -1.82. The number of piperidine rings is 1. The summed E-state index contributed by atoms with van der Waals surface area (Å²) in [6.45, 7) is 3.36. The van der Waals surface area contributed by atoms with Gasteiger partial charge in [0.05, 0.1) is 17.8 Å². The molecule has 0 bridgehead atoms. The fourth-order valence-electron chi connectivity index (χ4n) is 2.39. The Labute approximate surface area is 130 Å². The first-order chi connectivity index (χ1) is 9.96. The molecular formula is C15H21N3O2S. The number of nitrogens with one attached hydrogen (secondary N) is 1. The number of carbonyl (C=O) groups excluding carboxylic acids is 1. The number of carbonyl (C=O) groups is 1. The van der Waals surface area contributed by atoms with Crippen LogP contribution in [0.3, 0.4) is 0 Å². The smallest absolute Gasteiger partial charge is 0.321 e. The van der Waals surface area contributed by atoms with Crippen LogP contribution in [0.1, 0.15) is 19.8 Å². The van der Waals surface area contributed by atoms with Crippen LogP contribution in [-0.2, 0) is 0 Å². The van der Waals surface area contributed by atoms with Crippen molar-refractivity contribution in [2.24, 2.45) is 11.1 Å². The number of likely N-dealkylation sites (tertiary alicyclic amines) is 1. The molecule has 114 valence electrons. The Kier molecular flexibility index (Phi) is 4.67. The normalized spacial score (nSPS) is 17.1. The highest BCUT2D eigenvalue weighted by Crippen LogP contribution is 2.31. The fraction of sp³-hybridized carbons (Fsp3) is 0.467. The van der Waals surface area contributed by atoms with Crippen LogP contribution in [0, 0.1) is 5.41 Å². The van der Waals surface area contributed by atoms with Crippen LogP contribution in [0.25, 0.3) is 0 Å². The second-order valence-corrected chi connectivity index (χ2v) is 5.98. The molecule has 0 aromatic heterocycles. The highest BCUT2D eigenvalue weighted by molar-refractivity contribution is 7.80. The van der Waals surface area contributed by atoms with Crippen molar-refractivity contribution in [2.45, 2.75) is 19.8 Å². The van der Waals surface area contributed by atoms with E-state index in [-0.39, 0.29) is 11.4 Å². The number of urea groups is 1. The van der Waals surface area contributed by atoms with E-state index in [9.17, 15) is 4.79 Å². The summed E-state index contributed by atoms with van der Waals surface area (Å²) in [5, 5.41) is 2.89. The maximum Gasteiger partial charge on any atom is 0.321 e. The Balaban J connectivity index is 1.98. The lowest BCUT2D eigenvalue weighted by atomic mass is 9.80. The molecule has 0 aliphatic carbocycles. The van der Waals surface area contributed by atoms with Gasteiger partial charge in [0.1, 0.15) is 5.75 Å². The molecule has 1 aromatic rings. The summed E-state index contributed by atoms with van der Waals surface area (Å²) in [6, 6.07) is 7.24. The molecule has 1 aliphatic heterocycles. The summed E-state index contributed by atoms with van der Waals surface area (Å²) < 4.78 is 5.23.